The van der Waals surface area contributed by atoms with Crippen LogP contribution in [0.25, 0.3) is 28.3 Å². The van der Waals surface area contributed by atoms with Crippen LogP contribution < -0.4 is 35.3 Å². The Morgan fingerprint density at radius 2 is 1.53 bits per heavy atom. The molecule has 0 saturated heterocycles. The Kier molecular flexibility index (Phi) is 9.25. The van der Waals surface area contributed by atoms with Crippen molar-refractivity contribution in [3.63, 3.8) is 0 Å². The standard InChI is InChI=1S/C29H33.2ClH.Hf/c1-18(2)23-17-24-22-14-13-21(28(3,4)5)15-20(22)16-25(24)26(19-11-9-10-12-19)27(23)29(6,7)8;;;/h9-11,13-15,17H,12H2,1-8H3;2*1H;/q-1;;;/p-2. The van der Waals surface area contributed by atoms with E-state index in [1.54, 1.807) is 0 Å². The van der Waals surface area contributed by atoms with E-state index in [1.165, 1.54) is 55.0 Å². The molecule has 0 fully saturated rings. The molecule has 0 unspecified atom stereocenters. The number of rotatable bonds is 1. The van der Waals surface area contributed by atoms with Gasteiger partial charge in [-0.15, -0.1) is 34.1 Å². The average Bonchev–Trinajstić information content (AvgIpc) is 3.25. The molecule has 0 N–H and O–H groups in total. The summed E-state index contributed by atoms with van der Waals surface area (Å²) in [5, 5.41) is 2.68. The van der Waals surface area contributed by atoms with Crippen molar-refractivity contribution >= 4 is 17.2 Å². The van der Waals surface area contributed by atoms with E-state index in [0.29, 0.717) is 0 Å². The molecule has 0 heterocycles. The fourth-order valence-electron chi connectivity index (χ4n) is 4.64. The summed E-state index contributed by atoms with van der Waals surface area (Å²) in [5.41, 5.74) is 11.1. The Morgan fingerprint density at radius 3 is 2.03 bits per heavy atom. The van der Waals surface area contributed by atoms with Crippen LogP contribution in [0.4, 0.5) is 0 Å². The van der Waals surface area contributed by atoms with Gasteiger partial charge in [-0.2, -0.15) is 0 Å². The van der Waals surface area contributed by atoms with E-state index in [4.69, 9.17) is 0 Å². The average molecular weight is 631 g/mol. The number of hydrogen-bond donors (Lipinski definition) is 0. The van der Waals surface area contributed by atoms with Gasteiger partial charge in [0.25, 0.3) is 0 Å². The Balaban J connectivity index is 0.00000171. The molecule has 0 bridgehead atoms. The van der Waals surface area contributed by atoms with Gasteiger partial charge in [0.1, 0.15) is 0 Å². The summed E-state index contributed by atoms with van der Waals surface area (Å²) in [6, 6.07) is 9.38. The van der Waals surface area contributed by atoms with E-state index in [0.717, 1.165) is 6.42 Å². The molecule has 4 rings (SSSR count). The molecule has 0 aromatic heterocycles. The molecule has 0 nitrogen and oxygen atoms in total. The fourth-order valence-corrected chi connectivity index (χ4v) is 4.64. The number of hydrogen-bond acceptors (Lipinski definition) is 0. The Morgan fingerprint density at radius 1 is 0.875 bits per heavy atom. The first-order chi connectivity index (χ1) is 13.5. The van der Waals surface area contributed by atoms with E-state index in [9.17, 15) is 0 Å². The molecule has 170 valence electrons. The molecule has 0 amide bonds. The number of allylic oxidation sites excluding steroid dienone is 4. The molecule has 2 aromatic carbocycles. The van der Waals surface area contributed by atoms with Crippen LogP contribution >= 0.6 is 0 Å². The van der Waals surface area contributed by atoms with Crippen LogP contribution in [0, 0.1) is 0 Å². The largest absolute Gasteiger partial charge is 1.00 e. The minimum Gasteiger partial charge on any atom is -1.00 e. The van der Waals surface area contributed by atoms with Crippen molar-refractivity contribution in [2.24, 2.45) is 0 Å². The molecule has 3 heteroatoms. The van der Waals surface area contributed by atoms with Crippen molar-refractivity contribution in [3.8, 4) is 11.1 Å². The molecule has 32 heavy (non-hydrogen) atoms. The topological polar surface area (TPSA) is 0 Å². The zero-order chi connectivity index (χ0) is 21.1. The Bertz CT molecular complexity index is 1200. The van der Waals surface area contributed by atoms with Gasteiger partial charge in [-0.3, -0.25) is 0 Å². The molecule has 2 aromatic rings. The molecule has 0 aliphatic heterocycles. The summed E-state index contributed by atoms with van der Waals surface area (Å²) >= 11 is 0. The number of halogens is 2. The van der Waals surface area contributed by atoms with Crippen LogP contribution in [0.3, 0.4) is 0 Å². The molecule has 0 saturated carbocycles. The predicted octanol–water partition coefficient (Wildman–Crippen LogP) is 0.507. The van der Waals surface area contributed by atoms with E-state index in [1.807, 2.05) is 0 Å². The quantitative estimate of drug-likeness (QED) is 0.272. The molecule has 2 aliphatic carbocycles. The molecular weight excluding hydrogens is 598 g/mol. The summed E-state index contributed by atoms with van der Waals surface area (Å²) in [7, 11) is 0. The van der Waals surface area contributed by atoms with Crippen molar-refractivity contribution in [1.29, 1.82) is 0 Å². The van der Waals surface area contributed by atoms with Crippen molar-refractivity contribution in [3.05, 3.63) is 75.2 Å². The van der Waals surface area contributed by atoms with Crippen LogP contribution in [0.1, 0.15) is 84.1 Å². The summed E-state index contributed by atoms with van der Waals surface area (Å²) in [6.07, 6.45) is 11.6. The van der Waals surface area contributed by atoms with Gasteiger partial charge in [0.2, 0.25) is 0 Å². The van der Waals surface area contributed by atoms with Gasteiger partial charge >= 0.3 is 0 Å². The van der Waals surface area contributed by atoms with E-state index in [2.05, 4.69) is 104 Å². The third-order valence-corrected chi connectivity index (χ3v) is 6.14. The predicted molar refractivity (Wildman–Crippen MR) is 128 cm³/mol. The van der Waals surface area contributed by atoms with Crippen LogP contribution in [-0.4, -0.2) is 0 Å². The second kappa shape index (κ2) is 10.2. The van der Waals surface area contributed by atoms with Gasteiger partial charge in [0, 0.05) is 25.8 Å². The zero-order valence-electron chi connectivity index (χ0n) is 20.5. The van der Waals surface area contributed by atoms with Gasteiger partial charge < -0.3 is 24.8 Å². The van der Waals surface area contributed by atoms with Gasteiger partial charge in [-0.25, -0.2) is 0 Å². The van der Waals surface area contributed by atoms with E-state index < -0.39 is 0 Å². The third kappa shape index (κ3) is 5.11. The number of benzene rings is 2. The summed E-state index contributed by atoms with van der Waals surface area (Å²) in [5.74, 6) is 0. The second-order valence-electron chi connectivity index (χ2n) is 10.8. The van der Waals surface area contributed by atoms with Gasteiger partial charge in [0.15, 0.2) is 0 Å². The van der Waals surface area contributed by atoms with Crippen molar-refractivity contribution < 1.29 is 50.7 Å². The molecule has 0 atom stereocenters. The van der Waals surface area contributed by atoms with Crippen LogP contribution in [0.15, 0.2) is 42.5 Å². The molecule has 0 radical (unpaired) electrons. The maximum atomic E-state index is 3.84. The minimum absolute atomic E-state index is 0. The monoisotopic (exact) mass is 631 g/mol. The van der Waals surface area contributed by atoms with Gasteiger partial charge in [0.05, 0.1) is 0 Å². The molecular formula is C29H33Cl2Hf-3. The van der Waals surface area contributed by atoms with Crippen molar-refractivity contribution in [2.45, 2.75) is 72.6 Å². The normalized spacial score (nSPS) is 13.7. The summed E-state index contributed by atoms with van der Waals surface area (Å²) in [4.78, 5) is 0. The first-order valence-electron chi connectivity index (χ1n) is 10.8. The molecule has 2 aliphatic rings. The minimum atomic E-state index is 0. The summed E-state index contributed by atoms with van der Waals surface area (Å²) in [6.45, 7) is 18.4. The third-order valence-electron chi connectivity index (χ3n) is 6.14. The van der Waals surface area contributed by atoms with Crippen molar-refractivity contribution in [2.75, 3.05) is 0 Å². The smallest absolute Gasteiger partial charge is 0 e. The summed E-state index contributed by atoms with van der Waals surface area (Å²) < 4.78 is 0. The van der Waals surface area contributed by atoms with E-state index in [-0.39, 0.29) is 61.5 Å². The van der Waals surface area contributed by atoms with Crippen LogP contribution in [0.2, 0.25) is 0 Å². The second-order valence-corrected chi connectivity index (χ2v) is 10.8. The zero-order valence-corrected chi connectivity index (χ0v) is 25.6. The maximum Gasteiger partial charge on any atom is 0 e. The fraction of sp³-hybridized carbons (Fsp3) is 0.379. The Labute approximate surface area is 225 Å². The van der Waals surface area contributed by atoms with Crippen LogP contribution in [0.5, 0.6) is 0 Å². The first-order valence-corrected chi connectivity index (χ1v) is 10.8. The molecule has 0 spiro atoms. The van der Waals surface area contributed by atoms with Crippen molar-refractivity contribution in [1.82, 2.24) is 0 Å². The van der Waals surface area contributed by atoms with Gasteiger partial charge in [-0.05, 0) is 36.3 Å². The van der Waals surface area contributed by atoms with Gasteiger partial charge in [-0.1, -0.05) is 106 Å². The SMILES string of the molecule is CC(C)=c1cc2c(c(C3=CC=CC3)c1C(C)(C)C)=[C-]c1cc(C(C)(C)C)ccc1-2.[Cl-].[Cl-].[Hf]. The maximum absolute atomic E-state index is 3.84. The van der Waals surface area contributed by atoms with Crippen LogP contribution in [-0.2, 0) is 36.7 Å². The number of fused-ring (bicyclic) bond motifs is 3. The first kappa shape index (κ1) is 29.1. The Hall–Kier alpha value is -0.890. The van der Waals surface area contributed by atoms with E-state index >= 15 is 0 Å².